The second kappa shape index (κ2) is 9.85. The van der Waals surface area contributed by atoms with Crippen LogP contribution in [0, 0.1) is 0 Å². The Labute approximate surface area is 213 Å². The summed E-state index contributed by atoms with van der Waals surface area (Å²) in [6.07, 6.45) is 4.97. The van der Waals surface area contributed by atoms with Gasteiger partial charge < -0.3 is 4.57 Å². The largest absolute Gasteiger partial charge is 0.342 e. The fourth-order valence-electron chi connectivity index (χ4n) is 3.90. The topological polar surface area (TPSA) is 81.3 Å². The Hall–Kier alpha value is -3.75. The molecule has 0 aliphatic heterocycles. The Morgan fingerprint density at radius 2 is 1.86 bits per heavy atom. The highest BCUT2D eigenvalue weighted by molar-refractivity contribution is 9.10. The molecule has 0 aliphatic carbocycles. The summed E-state index contributed by atoms with van der Waals surface area (Å²) in [5, 5.41) is 6.28. The number of fused-ring (bicyclic) bond motifs is 2. The van der Waals surface area contributed by atoms with Crippen LogP contribution >= 0.6 is 27.5 Å². The fraction of sp³-hybridized carbons (Fsp3) is 0.0769. The van der Waals surface area contributed by atoms with Crippen molar-refractivity contribution in [2.45, 2.75) is 13.1 Å². The number of benzene rings is 3. The SMILES string of the molecule is O=C(Cn1cnc2cc(Br)ccc2c1=O)N/N=C/c1cn(Cc2ccc(Cl)cc2)c2ccccc12. The molecule has 2 aromatic heterocycles. The number of carbonyl (C=O) groups excluding carboxylic acids is 1. The van der Waals surface area contributed by atoms with Crippen LogP contribution in [0.25, 0.3) is 21.8 Å². The average molecular weight is 549 g/mol. The number of nitrogens with zero attached hydrogens (tertiary/aromatic N) is 4. The quantitative estimate of drug-likeness (QED) is 0.240. The van der Waals surface area contributed by atoms with E-state index in [0.29, 0.717) is 22.5 Å². The minimum absolute atomic E-state index is 0.187. The fourth-order valence-corrected chi connectivity index (χ4v) is 4.38. The maximum atomic E-state index is 12.7. The number of nitrogens with one attached hydrogen (secondary N) is 1. The highest BCUT2D eigenvalue weighted by Gasteiger charge is 2.10. The molecule has 0 bridgehead atoms. The summed E-state index contributed by atoms with van der Waals surface area (Å²) in [4.78, 5) is 29.4. The Bertz CT molecular complexity index is 1640. The summed E-state index contributed by atoms with van der Waals surface area (Å²) >= 11 is 9.37. The van der Waals surface area contributed by atoms with E-state index in [9.17, 15) is 9.59 Å². The Balaban J connectivity index is 1.32. The molecule has 3 aromatic carbocycles. The van der Waals surface area contributed by atoms with Gasteiger partial charge in [0.25, 0.3) is 11.5 Å². The number of hydrogen-bond acceptors (Lipinski definition) is 4. The summed E-state index contributed by atoms with van der Waals surface area (Å²) in [6, 6.07) is 20.9. The zero-order valence-corrected chi connectivity index (χ0v) is 20.7. The Morgan fingerprint density at radius 3 is 2.69 bits per heavy atom. The van der Waals surface area contributed by atoms with Crippen molar-refractivity contribution in [1.29, 1.82) is 0 Å². The van der Waals surface area contributed by atoms with Crippen molar-refractivity contribution in [3.8, 4) is 0 Å². The molecule has 174 valence electrons. The van der Waals surface area contributed by atoms with E-state index in [4.69, 9.17) is 11.6 Å². The van der Waals surface area contributed by atoms with Crippen molar-refractivity contribution < 1.29 is 4.79 Å². The lowest BCUT2D eigenvalue weighted by Crippen LogP contribution is -2.30. The van der Waals surface area contributed by atoms with Crippen LogP contribution in [0.15, 0.2) is 93.6 Å². The minimum atomic E-state index is -0.425. The number of halogens is 2. The van der Waals surface area contributed by atoms with Crippen molar-refractivity contribution in [2.75, 3.05) is 0 Å². The summed E-state index contributed by atoms with van der Waals surface area (Å²) in [5.74, 6) is -0.425. The molecule has 0 radical (unpaired) electrons. The van der Waals surface area contributed by atoms with Crippen LogP contribution in [0.5, 0.6) is 0 Å². The molecule has 5 rings (SSSR count). The van der Waals surface area contributed by atoms with E-state index in [0.717, 1.165) is 26.5 Å². The molecule has 0 saturated carbocycles. The molecule has 35 heavy (non-hydrogen) atoms. The molecular weight excluding hydrogens is 530 g/mol. The standard InChI is InChI=1S/C26H19BrClN5O2/c27-19-7-10-22-23(11-19)29-16-33(26(22)35)15-25(34)31-30-12-18-14-32(24-4-2-1-3-21(18)24)13-17-5-8-20(28)9-6-17/h1-12,14,16H,13,15H2,(H,31,34)/b30-12+. The third-order valence-electron chi connectivity index (χ3n) is 5.58. The van der Waals surface area contributed by atoms with Crippen molar-refractivity contribution in [3.63, 3.8) is 0 Å². The maximum Gasteiger partial charge on any atom is 0.261 e. The predicted octanol–water partition coefficient (Wildman–Crippen LogP) is 4.97. The van der Waals surface area contributed by atoms with Gasteiger partial charge in [-0.2, -0.15) is 5.10 Å². The van der Waals surface area contributed by atoms with Crippen LogP contribution in [0.2, 0.25) is 5.02 Å². The summed E-state index contributed by atoms with van der Waals surface area (Å²) in [6.45, 7) is 0.486. The van der Waals surface area contributed by atoms with Gasteiger partial charge in [-0.3, -0.25) is 14.2 Å². The molecule has 0 aliphatic rings. The molecular formula is C26H19BrClN5O2. The summed E-state index contributed by atoms with van der Waals surface area (Å²) in [7, 11) is 0. The highest BCUT2D eigenvalue weighted by Crippen LogP contribution is 2.22. The zero-order chi connectivity index (χ0) is 24.4. The van der Waals surface area contributed by atoms with Crippen molar-refractivity contribution >= 4 is 61.5 Å². The molecule has 9 heteroatoms. The van der Waals surface area contributed by atoms with E-state index >= 15 is 0 Å². The van der Waals surface area contributed by atoms with Gasteiger partial charge in [-0.15, -0.1) is 0 Å². The summed E-state index contributed by atoms with van der Waals surface area (Å²) in [5.41, 5.74) is 5.82. The van der Waals surface area contributed by atoms with Crippen molar-refractivity contribution in [1.82, 2.24) is 19.5 Å². The number of aromatic nitrogens is 3. The first-order chi connectivity index (χ1) is 17.0. The van der Waals surface area contributed by atoms with Gasteiger partial charge in [0.05, 0.1) is 23.4 Å². The Kier molecular flexibility index (Phi) is 6.48. The molecule has 1 amide bonds. The first-order valence-corrected chi connectivity index (χ1v) is 11.9. The smallest absolute Gasteiger partial charge is 0.261 e. The van der Waals surface area contributed by atoms with Gasteiger partial charge in [0.1, 0.15) is 6.54 Å². The van der Waals surface area contributed by atoms with Crippen LogP contribution in [-0.4, -0.2) is 26.2 Å². The zero-order valence-electron chi connectivity index (χ0n) is 18.4. The van der Waals surface area contributed by atoms with Gasteiger partial charge in [-0.25, -0.2) is 10.4 Å². The molecule has 0 unspecified atom stereocenters. The van der Waals surface area contributed by atoms with Crippen molar-refractivity contribution in [2.24, 2.45) is 5.10 Å². The molecule has 0 fully saturated rings. The molecule has 7 nitrogen and oxygen atoms in total. The molecule has 5 aromatic rings. The average Bonchev–Trinajstić information content (AvgIpc) is 3.19. The normalized spacial score (nSPS) is 11.5. The second-order valence-electron chi connectivity index (χ2n) is 7.99. The van der Waals surface area contributed by atoms with E-state index in [1.807, 2.05) is 54.7 Å². The van der Waals surface area contributed by atoms with E-state index in [2.05, 4.69) is 36.0 Å². The van der Waals surface area contributed by atoms with Crippen LogP contribution in [-0.2, 0) is 17.9 Å². The first kappa shape index (κ1) is 23.0. The molecule has 0 spiro atoms. The number of hydrogen-bond donors (Lipinski definition) is 1. The lowest BCUT2D eigenvalue weighted by molar-refractivity contribution is -0.121. The molecule has 0 saturated heterocycles. The van der Waals surface area contributed by atoms with E-state index in [1.165, 1.54) is 10.9 Å². The van der Waals surface area contributed by atoms with E-state index in [-0.39, 0.29) is 12.1 Å². The second-order valence-corrected chi connectivity index (χ2v) is 9.34. The lowest BCUT2D eigenvalue weighted by atomic mass is 10.2. The number of carbonyl (C=O) groups is 1. The van der Waals surface area contributed by atoms with Gasteiger partial charge in [0.2, 0.25) is 0 Å². The van der Waals surface area contributed by atoms with E-state index in [1.54, 1.807) is 24.4 Å². The van der Waals surface area contributed by atoms with Crippen molar-refractivity contribution in [3.05, 3.63) is 110 Å². The van der Waals surface area contributed by atoms with Gasteiger partial charge >= 0.3 is 0 Å². The van der Waals surface area contributed by atoms with Crippen LogP contribution < -0.4 is 11.0 Å². The van der Waals surface area contributed by atoms with Gasteiger partial charge in [-0.05, 0) is 42.0 Å². The number of rotatable bonds is 6. The number of hydrazone groups is 1. The predicted molar refractivity (Wildman–Crippen MR) is 142 cm³/mol. The Morgan fingerprint density at radius 1 is 1.06 bits per heavy atom. The first-order valence-electron chi connectivity index (χ1n) is 10.8. The molecule has 1 N–H and O–H groups in total. The monoisotopic (exact) mass is 547 g/mol. The lowest BCUT2D eigenvalue weighted by Gasteiger charge is -2.05. The van der Waals surface area contributed by atoms with Gasteiger partial charge in [0.15, 0.2) is 0 Å². The van der Waals surface area contributed by atoms with E-state index < -0.39 is 5.91 Å². The van der Waals surface area contributed by atoms with Crippen LogP contribution in [0.4, 0.5) is 0 Å². The molecule has 2 heterocycles. The summed E-state index contributed by atoms with van der Waals surface area (Å²) < 4.78 is 4.22. The maximum absolute atomic E-state index is 12.7. The third-order valence-corrected chi connectivity index (χ3v) is 6.32. The van der Waals surface area contributed by atoms with Crippen LogP contribution in [0.1, 0.15) is 11.1 Å². The molecule has 0 atom stereocenters. The third kappa shape index (κ3) is 5.03. The van der Waals surface area contributed by atoms with Gasteiger partial charge in [0, 0.05) is 38.7 Å². The minimum Gasteiger partial charge on any atom is -0.342 e. The number of para-hydroxylation sites is 1. The highest BCUT2D eigenvalue weighted by atomic mass is 79.9. The van der Waals surface area contributed by atoms with Crippen LogP contribution in [0.3, 0.4) is 0 Å². The van der Waals surface area contributed by atoms with Gasteiger partial charge in [-0.1, -0.05) is 57.9 Å². The number of amides is 1.